The molecule has 1 amide bonds. The van der Waals surface area contributed by atoms with E-state index < -0.39 is 5.97 Å². The van der Waals surface area contributed by atoms with Crippen LogP contribution in [0.25, 0.3) is 22.4 Å². The van der Waals surface area contributed by atoms with Crippen LogP contribution in [0.4, 0.5) is 5.69 Å². The number of esters is 1. The van der Waals surface area contributed by atoms with Gasteiger partial charge in [0.25, 0.3) is 0 Å². The molecule has 8 nitrogen and oxygen atoms in total. The molecule has 146 valence electrons. The summed E-state index contributed by atoms with van der Waals surface area (Å²) in [5.41, 5.74) is 2.30. The van der Waals surface area contributed by atoms with Gasteiger partial charge in [-0.2, -0.15) is 0 Å². The Kier molecular flexibility index (Phi) is 4.82. The number of carbonyl (C=O) groups excluding carboxylic acids is 2. The first-order valence-electron chi connectivity index (χ1n) is 8.92. The first kappa shape index (κ1) is 18.4. The van der Waals surface area contributed by atoms with Crippen LogP contribution < -0.4 is 5.32 Å². The van der Waals surface area contributed by atoms with Crippen LogP contribution in [0.5, 0.6) is 0 Å². The molecular weight excluding hydrogens is 372 g/mol. The number of aryl methyl sites for hydroxylation is 1. The second kappa shape index (κ2) is 7.59. The minimum Gasteiger partial charge on any atom is -0.465 e. The maximum absolute atomic E-state index is 12.7. The lowest BCUT2D eigenvalue weighted by atomic mass is 10.2. The van der Waals surface area contributed by atoms with E-state index in [1.807, 2.05) is 30.5 Å². The van der Waals surface area contributed by atoms with Gasteiger partial charge in [0.15, 0.2) is 0 Å². The fourth-order valence-corrected chi connectivity index (χ4v) is 3.18. The number of anilines is 1. The van der Waals surface area contributed by atoms with Gasteiger partial charge in [0, 0.05) is 24.0 Å². The number of para-hydroxylation sites is 2. The molecule has 0 atom stereocenters. The molecule has 1 N–H and O–H groups in total. The Bertz CT molecular complexity index is 1210. The summed E-state index contributed by atoms with van der Waals surface area (Å²) >= 11 is 0. The first-order valence-corrected chi connectivity index (χ1v) is 8.92. The zero-order valence-corrected chi connectivity index (χ0v) is 15.9. The number of carbonyl (C=O) groups is 2. The van der Waals surface area contributed by atoms with Gasteiger partial charge in [0.1, 0.15) is 6.54 Å². The highest BCUT2D eigenvalue weighted by atomic mass is 16.5. The number of methoxy groups -OCH3 is 1. The van der Waals surface area contributed by atoms with E-state index in [1.165, 1.54) is 7.11 Å². The van der Waals surface area contributed by atoms with Gasteiger partial charge in [-0.1, -0.05) is 30.3 Å². The molecule has 4 rings (SSSR count). The van der Waals surface area contributed by atoms with E-state index in [2.05, 4.69) is 15.5 Å². The normalized spacial score (nSPS) is 10.8. The molecule has 0 saturated carbocycles. The zero-order valence-electron chi connectivity index (χ0n) is 15.9. The zero-order chi connectivity index (χ0) is 20.4. The van der Waals surface area contributed by atoms with Crippen LogP contribution in [0.15, 0.2) is 59.1 Å². The molecule has 2 aromatic carbocycles. The fourth-order valence-electron chi connectivity index (χ4n) is 3.18. The largest absolute Gasteiger partial charge is 0.465 e. The standard InChI is InChI=1S/C21H18N4O4/c1-13-23-24-20(29-13)16-11-25(18-10-6-4-7-14(16)18)12-19(26)22-17-9-5-3-8-15(17)21(27)28-2/h3-11H,12H2,1-2H3,(H,22,26). The summed E-state index contributed by atoms with van der Waals surface area (Å²) in [5, 5.41) is 11.6. The van der Waals surface area contributed by atoms with E-state index in [0.29, 0.717) is 23.0 Å². The van der Waals surface area contributed by atoms with Crippen molar-refractivity contribution >= 4 is 28.5 Å². The molecule has 0 saturated heterocycles. The van der Waals surface area contributed by atoms with Crippen LogP contribution in [0.2, 0.25) is 0 Å². The molecule has 2 heterocycles. The highest BCUT2D eigenvalue weighted by molar-refractivity contribution is 6.02. The average molecular weight is 390 g/mol. The summed E-state index contributed by atoms with van der Waals surface area (Å²) in [6, 6.07) is 14.4. The molecule has 0 unspecified atom stereocenters. The number of nitrogens with zero attached hydrogens (tertiary/aromatic N) is 3. The van der Waals surface area contributed by atoms with Gasteiger partial charge in [-0.25, -0.2) is 4.79 Å². The Labute approximate surface area is 166 Å². The van der Waals surface area contributed by atoms with Crippen molar-refractivity contribution in [2.45, 2.75) is 13.5 Å². The van der Waals surface area contributed by atoms with Crippen molar-refractivity contribution in [3.63, 3.8) is 0 Å². The number of rotatable bonds is 5. The number of hydrogen-bond donors (Lipinski definition) is 1. The lowest BCUT2D eigenvalue weighted by Gasteiger charge is -2.10. The number of fused-ring (bicyclic) bond motifs is 1. The maximum Gasteiger partial charge on any atom is 0.339 e. The van der Waals surface area contributed by atoms with E-state index in [1.54, 1.807) is 35.8 Å². The lowest BCUT2D eigenvalue weighted by molar-refractivity contribution is -0.116. The van der Waals surface area contributed by atoms with Crippen LogP contribution in [0, 0.1) is 6.92 Å². The van der Waals surface area contributed by atoms with Crippen LogP contribution in [-0.4, -0.2) is 33.8 Å². The second-order valence-electron chi connectivity index (χ2n) is 6.40. The number of benzene rings is 2. The van der Waals surface area contributed by atoms with E-state index >= 15 is 0 Å². The van der Waals surface area contributed by atoms with E-state index in [9.17, 15) is 9.59 Å². The highest BCUT2D eigenvalue weighted by Crippen LogP contribution is 2.30. The Morgan fingerprint density at radius 3 is 2.62 bits per heavy atom. The smallest absolute Gasteiger partial charge is 0.339 e. The van der Waals surface area contributed by atoms with Gasteiger partial charge in [-0.05, 0) is 18.2 Å². The third-order valence-corrected chi connectivity index (χ3v) is 4.47. The molecule has 0 fully saturated rings. The predicted molar refractivity (Wildman–Crippen MR) is 106 cm³/mol. The van der Waals surface area contributed by atoms with Crippen LogP contribution in [0.3, 0.4) is 0 Å². The van der Waals surface area contributed by atoms with Crippen molar-refractivity contribution in [3.05, 3.63) is 66.2 Å². The minimum absolute atomic E-state index is 0.0448. The van der Waals surface area contributed by atoms with E-state index in [4.69, 9.17) is 9.15 Å². The number of aromatic nitrogens is 3. The molecule has 4 aromatic rings. The van der Waals surface area contributed by atoms with Gasteiger partial charge in [-0.15, -0.1) is 10.2 Å². The van der Waals surface area contributed by atoms with Crippen molar-refractivity contribution < 1.29 is 18.7 Å². The summed E-state index contributed by atoms with van der Waals surface area (Å²) in [5.74, 6) is 0.0691. The van der Waals surface area contributed by atoms with Gasteiger partial charge >= 0.3 is 5.97 Å². The molecular formula is C21H18N4O4. The highest BCUT2D eigenvalue weighted by Gasteiger charge is 2.17. The van der Waals surface area contributed by atoms with Crippen molar-refractivity contribution in [1.29, 1.82) is 0 Å². The molecule has 8 heteroatoms. The van der Waals surface area contributed by atoms with E-state index in [0.717, 1.165) is 16.5 Å². The minimum atomic E-state index is -0.513. The third-order valence-electron chi connectivity index (χ3n) is 4.47. The molecule has 0 aliphatic carbocycles. The summed E-state index contributed by atoms with van der Waals surface area (Å²) in [7, 11) is 1.30. The van der Waals surface area contributed by atoms with Crippen LogP contribution >= 0.6 is 0 Å². The number of amides is 1. The van der Waals surface area contributed by atoms with Crippen molar-refractivity contribution in [1.82, 2.24) is 14.8 Å². The summed E-state index contributed by atoms with van der Waals surface area (Å²) in [6.07, 6.45) is 1.81. The Hall–Kier alpha value is -3.94. The van der Waals surface area contributed by atoms with Crippen LogP contribution in [-0.2, 0) is 16.1 Å². The molecule has 2 aromatic heterocycles. The molecule has 0 bridgehead atoms. The second-order valence-corrected chi connectivity index (χ2v) is 6.40. The molecule has 0 aliphatic rings. The van der Waals surface area contributed by atoms with Crippen LogP contribution in [0.1, 0.15) is 16.2 Å². The van der Waals surface area contributed by atoms with Gasteiger partial charge < -0.3 is 19.0 Å². The Balaban J connectivity index is 1.64. The topological polar surface area (TPSA) is 99.2 Å². The average Bonchev–Trinajstić information content (AvgIpc) is 3.31. The number of hydrogen-bond acceptors (Lipinski definition) is 6. The predicted octanol–water partition coefficient (Wildman–Crippen LogP) is 3.43. The van der Waals surface area contributed by atoms with Crippen molar-refractivity contribution in [3.8, 4) is 11.5 Å². The third kappa shape index (κ3) is 3.60. The van der Waals surface area contributed by atoms with Gasteiger partial charge in [-0.3, -0.25) is 4.79 Å². The SMILES string of the molecule is COC(=O)c1ccccc1NC(=O)Cn1cc(-c2nnc(C)o2)c2ccccc21. The molecule has 0 aliphatic heterocycles. The van der Waals surface area contributed by atoms with Gasteiger partial charge in [0.2, 0.25) is 17.7 Å². The maximum atomic E-state index is 12.7. The summed E-state index contributed by atoms with van der Waals surface area (Å²) < 4.78 is 12.1. The number of nitrogens with one attached hydrogen (secondary N) is 1. The van der Waals surface area contributed by atoms with Crippen molar-refractivity contribution in [2.24, 2.45) is 0 Å². The molecule has 29 heavy (non-hydrogen) atoms. The fraction of sp³-hybridized carbons (Fsp3) is 0.143. The van der Waals surface area contributed by atoms with Gasteiger partial charge in [0.05, 0.1) is 23.9 Å². The number of ether oxygens (including phenoxy) is 1. The quantitative estimate of drug-likeness (QED) is 0.524. The Morgan fingerprint density at radius 1 is 1.10 bits per heavy atom. The monoisotopic (exact) mass is 390 g/mol. The summed E-state index contributed by atoms with van der Waals surface area (Å²) in [4.78, 5) is 24.6. The van der Waals surface area contributed by atoms with E-state index in [-0.39, 0.29) is 12.5 Å². The lowest BCUT2D eigenvalue weighted by Crippen LogP contribution is -2.20. The Morgan fingerprint density at radius 2 is 1.86 bits per heavy atom. The molecule has 0 spiro atoms. The van der Waals surface area contributed by atoms with Crippen molar-refractivity contribution in [2.75, 3.05) is 12.4 Å². The summed E-state index contributed by atoms with van der Waals surface area (Å²) in [6.45, 7) is 1.77. The molecule has 0 radical (unpaired) electrons. The first-order chi connectivity index (χ1) is 14.1.